The summed E-state index contributed by atoms with van der Waals surface area (Å²) in [5.41, 5.74) is 0.580. The van der Waals surface area contributed by atoms with Gasteiger partial charge in [0.25, 0.3) is 5.69 Å². The Labute approximate surface area is 112 Å². The van der Waals surface area contributed by atoms with E-state index in [4.69, 9.17) is 11.6 Å². The average molecular weight is 271 g/mol. The first-order valence-corrected chi connectivity index (χ1v) is 6.70. The number of rotatable bonds is 8. The number of nitrogens with one attached hydrogen (secondary N) is 1. The third-order valence-electron chi connectivity index (χ3n) is 2.75. The molecule has 0 aromatic heterocycles. The molecule has 1 aromatic rings. The first-order chi connectivity index (χ1) is 8.65. The molecule has 0 aliphatic heterocycles. The van der Waals surface area contributed by atoms with Crippen LogP contribution < -0.4 is 5.32 Å². The van der Waals surface area contributed by atoms with E-state index in [0.29, 0.717) is 10.7 Å². The van der Waals surface area contributed by atoms with E-state index in [2.05, 4.69) is 12.2 Å². The van der Waals surface area contributed by atoms with Crippen LogP contribution in [0.4, 0.5) is 11.4 Å². The van der Waals surface area contributed by atoms with Gasteiger partial charge in [-0.3, -0.25) is 10.1 Å². The van der Waals surface area contributed by atoms with Crippen LogP contribution in [0, 0.1) is 10.1 Å². The van der Waals surface area contributed by atoms with Crippen molar-refractivity contribution in [3.05, 3.63) is 33.3 Å². The number of anilines is 1. The molecule has 18 heavy (non-hydrogen) atoms. The summed E-state index contributed by atoms with van der Waals surface area (Å²) in [6, 6.07) is 4.70. The zero-order chi connectivity index (χ0) is 13.4. The summed E-state index contributed by atoms with van der Waals surface area (Å²) in [6.45, 7) is 2.93. The van der Waals surface area contributed by atoms with Gasteiger partial charge in [0.2, 0.25) is 0 Å². The SMILES string of the molecule is CCCCCCCNc1ccc(Cl)cc1[N+](=O)[O-]. The molecule has 1 N–H and O–H groups in total. The lowest BCUT2D eigenvalue weighted by molar-refractivity contribution is -0.383. The van der Waals surface area contributed by atoms with Crippen LogP contribution in [0.3, 0.4) is 0 Å². The van der Waals surface area contributed by atoms with Crippen molar-refractivity contribution in [2.45, 2.75) is 39.0 Å². The second-order valence-corrected chi connectivity index (χ2v) is 4.70. The highest BCUT2D eigenvalue weighted by Gasteiger charge is 2.13. The maximum atomic E-state index is 10.9. The Morgan fingerprint density at radius 3 is 2.67 bits per heavy atom. The molecule has 0 spiro atoms. The number of nitro groups is 1. The highest BCUT2D eigenvalue weighted by Crippen LogP contribution is 2.27. The zero-order valence-corrected chi connectivity index (χ0v) is 11.4. The van der Waals surface area contributed by atoms with Crippen LogP contribution >= 0.6 is 11.6 Å². The molecular formula is C13H19ClN2O2. The lowest BCUT2D eigenvalue weighted by Gasteiger charge is -2.07. The number of nitro benzene ring substituents is 1. The molecule has 0 bridgehead atoms. The van der Waals surface area contributed by atoms with Crippen LogP contribution in [0.1, 0.15) is 39.0 Å². The topological polar surface area (TPSA) is 55.2 Å². The van der Waals surface area contributed by atoms with Crippen LogP contribution in [-0.2, 0) is 0 Å². The fraction of sp³-hybridized carbons (Fsp3) is 0.538. The van der Waals surface area contributed by atoms with Gasteiger partial charge >= 0.3 is 0 Å². The number of nitrogens with zero attached hydrogens (tertiary/aromatic N) is 1. The molecule has 0 saturated heterocycles. The minimum Gasteiger partial charge on any atom is -0.379 e. The molecule has 0 atom stereocenters. The molecule has 1 aromatic carbocycles. The summed E-state index contributed by atoms with van der Waals surface area (Å²) >= 11 is 5.75. The van der Waals surface area contributed by atoms with Gasteiger partial charge in [-0.15, -0.1) is 0 Å². The van der Waals surface area contributed by atoms with E-state index in [0.717, 1.165) is 19.4 Å². The molecule has 0 unspecified atom stereocenters. The van der Waals surface area contributed by atoms with Crippen LogP contribution in [0.25, 0.3) is 0 Å². The van der Waals surface area contributed by atoms with Crippen molar-refractivity contribution in [3.8, 4) is 0 Å². The maximum Gasteiger partial charge on any atom is 0.293 e. The number of unbranched alkanes of at least 4 members (excludes halogenated alkanes) is 4. The van der Waals surface area contributed by atoms with Gasteiger partial charge in [-0.2, -0.15) is 0 Å². The van der Waals surface area contributed by atoms with E-state index < -0.39 is 4.92 Å². The number of hydrogen-bond donors (Lipinski definition) is 1. The molecule has 0 saturated carbocycles. The Morgan fingerprint density at radius 1 is 1.28 bits per heavy atom. The fourth-order valence-corrected chi connectivity index (χ4v) is 1.92. The highest BCUT2D eigenvalue weighted by atomic mass is 35.5. The van der Waals surface area contributed by atoms with Crippen molar-refractivity contribution in [2.75, 3.05) is 11.9 Å². The molecule has 4 nitrogen and oxygen atoms in total. The zero-order valence-electron chi connectivity index (χ0n) is 10.6. The average Bonchev–Trinajstić information content (AvgIpc) is 2.35. The summed E-state index contributed by atoms with van der Waals surface area (Å²) in [4.78, 5) is 10.4. The van der Waals surface area contributed by atoms with E-state index >= 15 is 0 Å². The van der Waals surface area contributed by atoms with Crippen molar-refractivity contribution >= 4 is 23.0 Å². The van der Waals surface area contributed by atoms with Crippen molar-refractivity contribution in [1.82, 2.24) is 0 Å². The number of hydrogen-bond acceptors (Lipinski definition) is 3. The Morgan fingerprint density at radius 2 is 2.00 bits per heavy atom. The minimum absolute atomic E-state index is 0.0380. The molecular weight excluding hydrogens is 252 g/mol. The predicted molar refractivity (Wildman–Crippen MR) is 75.4 cm³/mol. The Hall–Kier alpha value is -1.29. The van der Waals surface area contributed by atoms with Crippen LogP contribution in [0.5, 0.6) is 0 Å². The Kier molecular flexibility index (Phi) is 6.50. The molecule has 5 heteroatoms. The van der Waals surface area contributed by atoms with Gasteiger partial charge in [0.05, 0.1) is 4.92 Å². The van der Waals surface area contributed by atoms with Crippen LogP contribution in [0.15, 0.2) is 18.2 Å². The predicted octanol–water partition coefficient (Wildman–Crippen LogP) is 4.63. The quantitative estimate of drug-likeness (QED) is 0.426. The van der Waals surface area contributed by atoms with E-state index in [1.54, 1.807) is 12.1 Å². The molecule has 0 aliphatic rings. The first-order valence-electron chi connectivity index (χ1n) is 6.33. The maximum absolute atomic E-state index is 10.9. The largest absolute Gasteiger partial charge is 0.379 e. The number of halogens is 1. The second-order valence-electron chi connectivity index (χ2n) is 4.26. The minimum atomic E-state index is -0.411. The molecule has 0 aliphatic carbocycles. The lowest BCUT2D eigenvalue weighted by Crippen LogP contribution is -2.04. The summed E-state index contributed by atoms with van der Waals surface area (Å²) in [6.07, 6.45) is 5.88. The fourth-order valence-electron chi connectivity index (χ4n) is 1.76. The normalized spacial score (nSPS) is 10.3. The van der Waals surface area contributed by atoms with Crippen molar-refractivity contribution in [2.24, 2.45) is 0 Å². The van der Waals surface area contributed by atoms with E-state index in [1.165, 1.54) is 25.3 Å². The number of benzene rings is 1. The van der Waals surface area contributed by atoms with Crippen molar-refractivity contribution in [3.63, 3.8) is 0 Å². The van der Waals surface area contributed by atoms with Gasteiger partial charge in [-0.05, 0) is 18.6 Å². The molecule has 0 fully saturated rings. The van der Waals surface area contributed by atoms with Crippen LogP contribution in [0.2, 0.25) is 5.02 Å². The first kappa shape index (κ1) is 14.8. The van der Waals surface area contributed by atoms with Gasteiger partial charge in [0.15, 0.2) is 0 Å². The van der Waals surface area contributed by atoms with E-state index in [-0.39, 0.29) is 5.69 Å². The molecule has 0 radical (unpaired) electrons. The summed E-state index contributed by atoms with van der Waals surface area (Å²) in [5, 5.41) is 14.3. The summed E-state index contributed by atoms with van der Waals surface area (Å²) < 4.78 is 0. The molecule has 0 heterocycles. The third kappa shape index (κ3) is 4.92. The van der Waals surface area contributed by atoms with E-state index in [9.17, 15) is 10.1 Å². The molecule has 100 valence electrons. The molecule has 0 amide bonds. The van der Waals surface area contributed by atoms with Gasteiger partial charge in [0.1, 0.15) is 5.69 Å². The Bertz CT molecular complexity index is 397. The lowest BCUT2D eigenvalue weighted by atomic mass is 10.1. The Balaban J connectivity index is 2.44. The standard InChI is InChI=1S/C13H19ClN2O2/c1-2-3-4-5-6-9-15-12-8-7-11(14)10-13(12)16(17)18/h7-8,10,15H,2-6,9H2,1H3. The smallest absolute Gasteiger partial charge is 0.293 e. The van der Waals surface area contributed by atoms with Crippen molar-refractivity contribution in [1.29, 1.82) is 0 Å². The third-order valence-corrected chi connectivity index (χ3v) is 2.99. The van der Waals surface area contributed by atoms with Crippen molar-refractivity contribution < 1.29 is 4.92 Å². The summed E-state index contributed by atoms with van der Waals surface area (Å²) in [5.74, 6) is 0. The van der Waals surface area contributed by atoms with Crippen LogP contribution in [-0.4, -0.2) is 11.5 Å². The second kappa shape index (κ2) is 7.93. The van der Waals surface area contributed by atoms with Gasteiger partial charge in [0, 0.05) is 17.6 Å². The highest BCUT2D eigenvalue weighted by molar-refractivity contribution is 6.30. The van der Waals surface area contributed by atoms with Gasteiger partial charge < -0.3 is 5.32 Å². The molecule has 1 rings (SSSR count). The summed E-state index contributed by atoms with van der Waals surface area (Å²) in [7, 11) is 0. The van der Waals surface area contributed by atoms with Gasteiger partial charge in [-0.25, -0.2) is 0 Å². The monoisotopic (exact) mass is 270 g/mol. The van der Waals surface area contributed by atoms with E-state index in [1.807, 2.05) is 0 Å². The van der Waals surface area contributed by atoms with Gasteiger partial charge in [-0.1, -0.05) is 44.2 Å².